The van der Waals surface area contributed by atoms with Gasteiger partial charge in [0.25, 0.3) is 0 Å². The molecule has 0 N–H and O–H groups in total. The summed E-state index contributed by atoms with van der Waals surface area (Å²) in [6, 6.07) is 1.86. The first-order valence-corrected chi connectivity index (χ1v) is 7.24. The fourth-order valence-corrected chi connectivity index (χ4v) is 2.42. The minimum Gasteiger partial charge on any atom is -0.338 e. The molecule has 18 heavy (non-hydrogen) atoms. The fourth-order valence-electron chi connectivity index (χ4n) is 2.23. The van der Waals surface area contributed by atoms with Crippen LogP contribution in [0.25, 0.3) is 0 Å². The van der Waals surface area contributed by atoms with Crippen LogP contribution in [0.5, 0.6) is 0 Å². The maximum Gasteiger partial charge on any atom is 0.225 e. The van der Waals surface area contributed by atoms with Gasteiger partial charge < -0.3 is 4.90 Å². The van der Waals surface area contributed by atoms with Gasteiger partial charge in [0.15, 0.2) is 0 Å². The van der Waals surface area contributed by atoms with E-state index in [1.54, 1.807) is 12.4 Å². The Kier molecular flexibility index (Phi) is 5.68. The van der Waals surface area contributed by atoms with Gasteiger partial charge in [-0.05, 0) is 25.5 Å². The van der Waals surface area contributed by atoms with E-state index in [0.29, 0.717) is 0 Å². The largest absolute Gasteiger partial charge is 0.338 e. The van der Waals surface area contributed by atoms with Crippen molar-refractivity contribution in [2.24, 2.45) is 0 Å². The minimum atomic E-state index is 0.791. The summed E-state index contributed by atoms with van der Waals surface area (Å²) in [6.45, 7) is 5.47. The van der Waals surface area contributed by atoms with Crippen LogP contribution < -0.4 is 4.90 Å². The Morgan fingerprint density at radius 2 is 1.72 bits per heavy atom. The average molecular weight is 269 g/mol. The quantitative estimate of drug-likeness (QED) is 0.584. The lowest BCUT2D eigenvalue weighted by Gasteiger charge is -2.34. The zero-order valence-electron chi connectivity index (χ0n) is 10.8. The van der Waals surface area contributed by atoms with Gasteiger partial charge in [0.2, 0.25) is 5.95 Å². The van der Waals surface area contributed by atoms with E-state index < -0.39 is 0 Å². The summed E-state index contributed by atoms with van der Waals surface area (Å²) in [5.74, 6) is 1.65. The lowest BCUT2D eigenvalue weighted by molar-refractivity contribution is 0.251. The van der Waals surface area contributed by atoms with E-state index in [1.807, 2.05) is 6.07 Å². The van der Waals surface area contributed by atoms with E-state index in [0.717, 1.165) is 44.4 Å². The van der Waals surface area contributed by atoms with Crippen molar-refractivity contribution in [3.63, 3.8) is 0 Å². The zero-order valence-corrected chi connectivity index (χ0v) is 11.5. The number of hydrogen-bond donors (Lipinski definition) is 0. The Hall–Kier alpha value is -0.870. The molecule has 0 aliphatic carbocycles. The van der Waals surface area contributed by atoms with Crippen molar-refractivity contribution in [1.82, 2.24) is 14.9 Å². The maximum absolute atomic E-state index is 5.68. The van der Waals surface area contributed by atoms with Crippen LogP contribution in [0.1, 0.15) is 19.3 Å². The van der Waals surface area contributed by atoms with Crippen LogP contribution in [0.15, 0.2) is 18.5 Å². The van der Waals surface area contributed by atoms with Crippen molar-refractivity contribution in [1.29, 1.82) is 0 Å². The molecule has 0 unspecified atom stereocenters. The number of halogens is 1. The minimum absolute atomic E-state index is 0.791. The highest BCUT2D eigenvalue weighted by Gasteiger charge is 2.17. The standard InChI is InChI=1S/C13H21ClN4/c14-5-2-1-3-8-17-9-11-18(12-10-17)13-15-6-4-7-16-13/h4,6-7H,1-3,5,8-12H2. The topological polar surface area (TPSA) is 32.3 Å². The molecule has 4 nitrogen and oxygen atoms in total. The predicted molar refractivity (Wildman–Crippen MR) is 75.3 cm³/mol. The van der Waals surface area contributed by atoms with Gasteiger partial charge in [0.1, 0.15) is 0 Å². The number of nitrogens with zero attached hydrogens (tertiary/aromatic N) is 4. The molecule has 1 saturated heterocycles. The fraction of sp³-hybridized carbons (Fsp3) is 0.692. The first-order chi connectivity index (χ1) is 8.90. The molecule has 0 aromatic carbocycles. The number of hydrogen-bond acceptors (Lipinski definition) is 4. The van der Waals surface area contributed by atoms with Crippen molar-refractivity contribution in [2.45, 2.75) is 19.3 Å². The molecule has 0 atom stereocenters. The molecule has 2 rings (SSSR count). The second-order valence-corrected chi connectivity index (χ2v) is 5.01. The smallest absolute Gasteiger partial charge is 0.225 e. The van der Waals surface area contributed by atoms with Crippen molar-refractivity contribution in [3.8, 4) is 0 Å². The van der Waals surface area contributed by atoms with Crippen LogP contribution in [0, 0.1) is 0 Å². The SMILES string of the molecule is ClCCCCCN1CCN(c2ncccn2)CC1. The molecule has 0 spiro atoms. The number of rotatable bonds is 6. The summed E-state index contributed by atoms with van der Waals surface area (Å²) in [7, 11) is 0. The normalized spacial score (nSPS) is 17.1. The lowest BCUT2D eigenvalue weighted by Crippen LogP contribution is -2.47. The van der Waals surface area contributed by atoms with Crippen molar-refractivity contribution in [3.05, 3.63) is 18.5 Å². The third-order valence-corrected chi connectivity index (χ3v) is 3.58. The molecular formula is C13H21ClN4. The number of piperazine rings is 1. The first kappa shape index (κ1) is 13.6. The van der Waals surface area contributed by atoms with E-state index in [2.05, 4.69) is 19.8 Å². The van der Waals surface area contributed by atoms with Gasteiger partial charge in [-0.1, -0.05) is 6.42 Å². The summed E-state index contributed by atoms with van der Waals surface area (Å²) in [5.41, 5.74) is 0. The molecule has 0 amide bonds. The first-order valence-electron chi connectivity index (χ1n) is 6.70. The molecule has 2 heterocycles. The Morgan fingerprint density at radius 1 is 1.00 bits per heavy atom. The second-order valence-electron chi connectivity index (χ2n) is 4.63. The van der Waals surface area contributed by atoms with Crippen molar-refractivity contribution in [2.75, 3.05) is 43.5 Å². The highest BCUT2D eigenvalue weighted by atomic mass is 35.5. The van der Waals surface area contributed by atoms with Gasteiger partial charge in [-0.15, -0.1) is 11.6 Å². The van der Waals surface area contributed by atoms with Crippen LogP contribution in [0.2, 0.25) is 0 Å². The number of anilines is 1. The maximum atomic E-state index is 5.68. The molecule has 1 aliphatic heterocycles. The Labute approximate surface area is 114 Å². The highest BCUT2D eigenvalue weighted by molar-refractivity contribution is 6.17. The van der Waals surface area contributed by atoms with Gasteiger partial charge in [-0.2, -0.15) is 0 Å². The summed E-state index contributed by atoms with van der Waals surface area (Å²) >= 11 is 5.68. The molecule has 1 aliphatic rings. The molecule has 1 aromatic rings. The average Bonchev–Trinajstić information content (AvgIpc) is 2.45. The Bertz CT molecular complexity index is 325. The van der Waals surface area contributed by atoms with E-state index in [-0.39, 0.29) is 0 Å². The molecule has 5 heteroatoms. The summed E-state index contributed by atoms with van der Waals surface area (Å²) in [6.07, 6.45) is 7.25. The molecule has 0 bridgehead atoms. The van der Waals surface area contributed by atoms with Gasteiger partial charge in [0, 0.05) is 44.5 Å². The van der Waals surface area contributed by atoms with E-state index in [4.69, 9.17) is 11.6 Å². The summed E-state index contributed by atoms with van der Waals surface area (Å²) in [5, 5.41) is 0. The predicted octanol–water partition coefficient (Wildman–Crippen LogP) is 2.01. The van der Waals surface area contributed by atoms with E-state index in [9.17, 15) is 0 Å². The van der Waals surface area contributed by atoms with Crippen LogP contribution in [-0.4, -0.2) is 53.5 Å². The number of aromatic nitrogens is 2. The third kappa shape index (κ3) is 4.10. The molecule has 1 fully saturated rings. The molecule has 1 aromatic heterocycles. The summed E-state index contributed by atoms with van der Waals surface area (Å²) < 4.78 is 0. The van der Waals surface area contributed by atoms with Gasteiger partial charge >= 0.3 is 0 Å². The van der Waals surface area contributed by atoms with Gasteiger partial charge in [-0.3, -0.25) is 4.90 Å². The van der Waals surface area contributed by atoms with Crippen LogP contribution in [0.3, 0.4) is 0 Å². The van der Waals surface area contributed by atoms with Gasteiger partial charge in [-0.25, -0.2) is 9.97 Å². The highest BCUT2D eigenvalue weighted by Crippen LogP contribution is 2.10. The van der Waals surface area contributed by atoms with Gasteiger partial charge in [0.05, 0.1) is 0 Å². The van der Waals surface area contributed by atoms with Crippen LogP contribution in [-0.2, 0) is 0 Å². The Balaban J connectivity index is 1.68. The van der Waals surface area contributed by atoms with Crippen molar-refractivity contribution < 1.29 is 0 Å². The molecule has 100 valence electrons. The second kappa shape index (κ2) is 7.54. The summed E-state index contributed by atoms with van der Waals surface area (Å²) in [4.78, 5) is 13.4. The lowest BCUT2D eigenvalue weighted by atomic mass is 10.2. The third-order valence-electron chi connectivity index (χ3n) is 3.32. The monoisotopic (exact) mass is 268 g/mol. The van der Waals surface area contributed by atoms with Crippen LogP contribution >= 0.6 is 11.6 Å². The van der Waals surface area contributed by atoms with Crippen LogP contribution in [0.4, 0.5) is 5.95 Å². The van der Waals surface area contributed by atoms with E-state index >= 15 is 0 Å². The van der Waals surface area contributed by atoms with E-state index in [1.165, 1.54) is 19.4 Å². The molecule has 0 saturated carbocycles. The molecular weight excluding hydrogens is 248 g/mol. The van der Waals surface area contributed by atoms with Crippen molar-refractivity contribution >= 4 is 17.5 Å². The number of unbranched alkanes of at least 4 members (excludes halogenated alkanes) is 2. The Morgan fingerprint density at radius 3 is 2.39 bits per heavy atom. The number of alkyl halides is 1. The zero-order chi connectivity index (χ0) is 12.6. The molecule has 0 radical (unpaired) electrons.